The third-order valence-electron chi connectivity index (χ3n) is 4.79. The minimum atomic E-state index is -0.364. The molecule has 8 nitrogen and oxygen atoms in total. The first-order valence-corrected chi connectivity index (χ1v) is 10.7. The quantitative estimate of drug-likeness (QED) is 0.434. The number of carbonyl (C=O) groups excluding carboxylic acids is 1. The third-order valence-corrected chi connectivity index (χ3v) is 5.74. The van der Waals surface area contributed by atoms with Crippen molar-refractivity contribution in [1.29, 1.82) is 0 Å². The first kappa shape index (κ1) is 22.2. The molecule has 0 bridgehead atoms. The van der Waals surface area contributed by atoms with Crippen LogP contribution in [0.5, 0.6) is 0 Å². The molecule has 0 unspecified atom stereocenters. The maximum absolute atomic E-state index is 12.4. The molecule has 0 saturated heterocycles. The Morgan fingerprint density at radius 3 is 2.63 bits per heavy atom. The van der Waals surface area contributed by atoms with Crippen LogP contribution < -0.4 is 0 Å². The number of nitrogens with zero attached hydrogens (tertiary/aromatic N) is 5. The summed E-state index contributed by atoms with van der Waals surface area (Å²) >= 11 is 3.53. The van der Waals surface area contributed by atoms with E-state index < -0.39 is 0 Å². The van der Waals surface area contributed by atoms with Crippen molar-refractivity contribution in [3.63, 3.8) is 0 Å². The second kappa shape index (κ2) is 9.99. The number of hydrogen-bond donors (Lipinski definition) is 0. The van der Waals surface area contributed by atoms with E-state index in [0.29, 0.717) is 29.2 Å². The van der Waals surface area contributed by atoms with Gasteiger partial charge >= 0.3 is 5.97 Å². The Kier molecular flexibility index (Phi) is 7.38. The highest BCUT2D eigenvalue weighted by Crippen LogP contribution is 2.32. The molecular formula is C21H26BrN5O3. The molecule has 1 aromatic carbocycles. The normalized spacial score (nSPS) is 11.3. The highest BCUT2D eigenvalue weighted by Gasteiger charge is 2.23. The van der Waals surface area contributed by atoms with Gasteiger partial charge < -0.3 is 14.1 Å². The number of hydrogen-bond acceptors (Lipinski definition) is 7. The Bertz CT molecular complexity index is 1010. The molecule has 3 rings (SSSR count). The second-order valence-electron chi connectivity index (χ2n) is 6.93. The number of likely N-dealkylation sites (N-methyl/N-ethyl adjacent to an activating group) is 1. The summed E-state index contributed by atoms with van der Waals surface area (Å²) < 4.78 is 13.5. The van der Waals surface area contributed by atoms with Gasteiger partial charge in [-0.2, -0.15) is 5.10 Å². The fourth-order valence-corrected chi connectivity index (χ4v) is 3.54. The number of benzene rings is 1. The lowest BCUT2D eigenvalue weighted by molar-refractivity contribution is -0.144. The summed E-state index contributed by atoms with van der Waals surface area (Å²) in [5.74, 6) is 0.333. The van der Waals surface area contributed by atoms with Crippen LogP contribution in [0.15, 0.2) is 33.2 Å². The molecule has 0 aliphatic heterocycles. The molecule has 2 aromatic heterocycles. The predicted molar refractivity (Wildman–Crippen MR) is 117 cm³/mol. The molecule has 160 valence electrons. The van der Waals surface area contributed by atoms with Crippen molar-refractivity contribution in [3.8, 4) is 23.0 Å². The summed E-state index contributed by atoms with van der Waals surface area (Å²) in [6, 6.07) is 7.83. The highest BCUT2D eigenvalue weighted by atomic mass is 79.9. The zero-order valence-electron chi connectivity index (χ0n) is 17.7. The van der Waals surface area contributed by atoms with Crippen molar-refractivity contribution in [2.45, 2.75) is 34.2 Å². The average molecular weight is 476 g/mol. The fourth-order valence-electron chi connectivity index (χ4n) is 3.09. The summed E-state index contributed by atoms with van der Waals surface area (Å²) in [5, 5.41) is 12.8. The average Bonchev–Trinajstić information content (AvgIpc) is 3.30. The van der Waals surface area contributed by atoms with E-state index in [1.807, 2.05) is 38.1 Å². The van der Waals surface area contributed by atoms with Gasteiger partial charge in [0.25, 0.3) is 5.89 Å². The Morgan fingerprint density at radius 2 is 1.93 bits per heavy atom. The van der Waals surface area contributed by atoms with E-state index in [2.05, 4.69) is 50.0 Å². The first-order valence-electron chi connectivity index (χ1n) is 9.94. The molecule has 0 radical (unpaired) electrons. The van der Waals surface area contributed by atoms with E-state index in [9.17, 15) is 4.79 Å². The minimum Gasteiger partial charge on any atom is -0.463 e. The van der Waals surface area contributed by atoms with E-state index in [1.165, 1.54) is 4.68 Å². The van der Waals surface area contributed by atoms with Crippen molar-refractivity contribution < 1.29 is 13.9 Å². The van der Waals surface area contributed by atoms with Gasteiger partial charge in [0.2, 0.25) is 5.89 Å². The van der Waals surface area contributed by atoms with Crippen molar-refractivity contribution >= 4 is 21.9 Å². The van der Waals surface area contributed by atoms with Gasteiger partial charge in [-0.25, -0.2) is 4.68 Å². The monoisotopic (exact) mass is 475 g/mol. The van der Waals surface area contributed by atoms with E-state index in [4.69, 9.17) is 9.15 Å². The van der Waals surface area contributed by atoms with Crippen LogP contribution in [0.2, 0.25) is 0 Å². The molecule has 30 heavy (non-hydrogen) atoms. The summed E-state index contributed by atoms with van der Waals surface area (Å²) in [6.07, 6.45) is 0. The second-order valence-corrected chi connectivity index (χ2v) is 7.73. The third kappa shape index (κ3) is 5.14. The van der Waals surface area contributed by atoms with Gasteiger partial charge in [0.1, 0.15) is 18.8 Å². The van der Waals surface area contributed by atoms with Crippen molar-refractivity contribution in [2.24, 2.45) is 0 Å². The van der Waals surface area contributed by atoms with Crippen molar-refractivity contribution in [3.05, 3.63) is 40.0 Å². The Hall–Kier alpha value is -2.52. The Balaban J connectivity index is 1.76. The van der Waals surface area contributed by atoms with Crippen molar-refractivity contribution in [1.82, 2.24) is 24.9 Å². The van der Waals surface area contributed by atoms with E-state index in [1.54, 1.807) is 0 Å². The highest BCUT2D eigenvalue weighted by molar-refractivity contribution is 9.10. The van der Waals surface area contributed by atoms with Gasteiger partial charge in [-0.15, -0.1) is 10.2 Å². The van der Waals surface area contributed by atoms with E-state index in [0.717, 1.165) is 29.9 Å². The smallest absolute Gasteiger partial charge is 0.327 e. The van der Waals surface area contributed by atoms with Gasteiger partial charge in [0.15, 0.2) is 0 Å². The van der Waals surface area contributed by atoms with Gasteiger partial charge in [-0.05, 0) is 55.0 Å². The fraction of sp³-hybridized carbons (Fsp3) is 0.429. The van der Waals surface area contributed by atoms with Crippen LogP contribution in [0.25, 0.3) is 23.0 Å². The number of esters is 1. The Labute approximate surface area is 184 Å². The molecular weight excluding hydrogens is 450 g/mol. The van der Waals surface area contributed by atoms with Gasteiger partial charge in [-0.1, -0.05) is 31.5 Å². The largest absolute Gasteiger partial charge is 0.463 e. The number of halogens is 1. The SMILES string of the molecule is CCN(CC)CCOC(=O)Cn1nc(C)c(Br)c1-c1nnc(-c2cccc(C)c2)o1. The minimum absolute atomic E-state index is 0.0395. The molecule has 0 aliphatic carbocycles. The van der Waals surface area contributed by atoms with Crippen molar-refractivity contribution in [2.75, 3.05) is 26.2 Å². The zero-order valence-corrected chi connectivity index (χ0v) is 19.3. The van der Waals surface area contributed by atoms with Crippen LogP contribution in [-0.2, 0) is 16.1 Å². The van der Waals surface area contributed by atoms with Crippen LogP contribution in [0, 0.1) is 13.8 Å². The van der Waals surface area contributed by atoms with Gasteiger partial charge in [0, 0.05) is 12.1 Å². The van der Waals surface area contributed by atoms with Gasteiger partial charge in [0.05, 0.1) is 10.2 Å². The van der Waals surface area contributed by atoms with Crippen LogP contribution >= 0.6 is 15.9 Å². The summed E-state index contributed by atoms with van der Waals surface area (Å²) in [4.78, 5) is 14.5. The predicted octanol–water partition coefficient (Wildman–Crippen LogP) is 3.86. The lowest BCUT2D eigenvalue weighted by Gasteiger charge is -2.17. The Morgan fingerprint density at radius 1 is 1.20 bits per heavy atom. The van der Waals surface area contributed by atoms with E-state index in [-0.39, 0.29) is 18.4 Å². The molecule has 2 heterocycles. The maximum Gasteiger partial charge on any atom is 0.327 e. The summed E-state index contributed by atoms with van der Waals surface area (Å²) in [5.41, 5.74) is 3.21. The molecule has 0 atom stereocenters. The van der Waals surface area contributed by atoms with Crippen LogP contribution in [0.4, 0.5) is 0 Å². The van der Waals surface area contributed by atoms with Crippen LogP contribution in [0.3, 0.4) is 0 Å². The topological polar surface area (TPSA) is 86.3 Å². The molecule has 0 N–H and O–H groups in total. The van der Waals surface area contributed by atoms with Crippen LogP contribution in [0.1, 0.15) is 25.1 Å². The van der Waals surface area contributed by atoms with Gasteiger partial charge in [-0.3, -0.25) is 4.79 Å². The molecule has 0 aliphatic rings. The van der Waals surface area contributed by atoms with E-state index >= 15 is 0 Å². The molecule has 0 spiro atoms. The van der Waals surface area contributed by atoms with Crippen LogP contribution in [-0.4, -0.2) is 57.1 Å². The molecule has 3 aromatic rings. The molecule has 0 saturated carbocycles. The lowest BCUT2D eigenvalue weighted by Crippen LogP contribution is -2.28. The zero-order chi connectivity index (χ0) is 21.7. The summed E-state index contributed by atoms with van der Waals surface area (Å²) in [6.45, 7) is 10.9. The number of aromatic nitrogens is 4. The standard InChI is InChI=1S/C21H26BrN5O3/c1-5-26(6-2)10-11-29-17(28)13-27-19(18(22)15(4)25-27)21-24-23-20(30-21)16-9-7-8-14(3)12-16/h7-9,12H,5-6,10-11,13H2,1-4H3. The number of carbonyl (C=O) groups is 1. The molecule has 0 fully saturated rings. The molecule has 0 amide bonds. The number of aryl methyl sites for hydroxylation is 2. The summed E-state index contributed by atoms with van der Waals surface area (Å²) in [7, 11) is 0. The number of rotatable bonds is 9. The first-order chi connectivity index (χ1) is 14.4. The maximum atomic E-state index is 12.4. The number of ether oxygens (including phenoxy) is 1. The lowest BCUT2D eigenvalue weighted by atomic mass is 10.1. The molecule has 9 heteroatoms.